The number of hydroxylamine groups is 1. The van der Waals surface area contributed by atoms with Gasteiger partial charge < -0.3 is 15.0 Å². The van der Waals surface area contributed by atoms with Crippen molar-refractivity contribution in [1.82, 2.24) is 25.2 Å². The van der Waals surface area contributed by atoms with E-state index >= 15 is 0 Å². The van der Waals surface area contributed by atoms with Gasteiger partial charge in [0.1, 0.15) is 11.6 Å². The second-order valence-electron chi connectivity index (χ2n) is 8.90. The molecule has 0 saturated carbocycles. The number of benzene rings is 2. The van der Waals surface area contributed by atoms with Crippen molar-refractivity contribution in [3.05, 3.63) is 60.4 Å². The fraction of sp³-hybridized carbons (Fsp3) is 0.333. The van der Waals surface area contributed by atoms with Gasteiger partial charge in [0, 0.05) is 49.2 Å². The van der Waals surface area contributed by atoms with Crippen molar-refractivity contribution in [3.8, 4) is 5.75 Å². The lowest BCUT2D eigenvalue weighted by Gasteiger charge is -2.19. The van der Waals surface area contributed by atoms with Gasteiger partial charge in [0.15, 0.2) is 0 Å². The Morgan fingerprint density at radius 3 is 2.65 bits per heavy atom. The number of nitrogens with one attached hydrogen (secondary N) is 2. The summed E-state index contributed by atoms with van der Waals surface area (Å²) < 4.78 is 7.70. The van der Waals surface area contributed by atoms with Crippen LogP contribution in [0.3, 0.4) is 0 Å². The van der Waals surface area contributed by atoms with E-state index in [1.807, 2.05) is 54.0 Å². The Balaban J connectivity index is 1.29. The van der Waals surface area contributed by atoms with Gasteiger partial charge in [-0.3, -0.25) is 14.7 Å². The number of ether oxygens (including phenoxy) is 1. The van der Waals surface area contributed by atoms with Crippen molar-refractivity contribution in [2.75, 3.05) is 23.9 Å². The van der Waals surface area contributed by atoms with Crippen molar-refractivity contribution in [1.29, 1.82) is 0 Å². The van der Waals surface area contributed by atoms with Crippen LogP contribution in [0, 0.1) is 6.92 Å². The van der Waals surface area contributed by atoms with Gasteiger partial charge in [0.25, 0.3) is 0 Å². The first kappa shape index (κ1) is 25.9. The highest BCUT2D eigenvalue weighted by molar-refractivity contribution is 5.85. The molecule has 1 amide bonds. The summed E-state index contributed by atoms with van der Waals surface area (Å²) >= 11 is 0. The molecule has 194 valence electrons. The Morgan fingerprint density at radius 2 is 1.86 bits per heavy atom. The molecule has 2 aromatic carbocycles. The van der Waals surface area contributed by atoms with Crippen molar-refractivity contribution in [3.63, 3.8) is 0 Å². The molecular weight excluding hydrogens is 470 g/mol. The number of carbonyl (C=O) groups excluding carboxylic acids is 1. The van der Waals surface area contributed by atoms with Crippen LogP contribution in [0.4, 0.5) is 23.1 Å². The molecule has 37 heavy (non-hydrogen) atoms. The number of nitrogens with zero attached hydrogens (tertiary/aromatic N) is 5. The van der Waals surface area contributed by atoms with Gasteiger partial charge in [0.2, 0.25) is 11.9 Å². The maximum Gasteiger partial charge on any atom is 0.243 e. The van der Waals surface area contributed by atoms with Gasteiger partial charge in [0.05, 0.1) is 12.1 Å². The first-order valence-electron chi connectivity index (χ1n) is 12.4. The van der Waals surface area contributed by atoms with Crippen molar-refractivity contribution < 1.29 is 14.7 Å². The number of rotatable bonds is 12. The SMILES string of the molecule is Cc1c2ccc(N(C)c3ccnc(Nc4ccc(OCCCCCCC(=O)NO)cc4)n3)cc2nn1C. The summed E-state index contributed by atoms with van der Waals surface area (Å²) in [6.45, 7) is 2.67. The second-order valence-corrected chi connectivity index (χ2v) is 8.90. The largest absolute Gasteiger partial charge is 0.494 e. The number of aryl methyl sites for hydroxylation is 2. The quantitative estimate of drug-likeness (QED) is 0.140. The predicted octanol–water partition coefficient (Wildman–Crippen LogP) is 5.02. The van der Waals surface area contributed by atoms with Gasteiger partial charge in [-0.25, -0.2) is 10.5 Å². The molecule has 10 nitrogen and oxygen atoms in total. The lowest BCUT2D eigenvalue weighted by atomic mass is 10.1. The lowest BCUT2D eigenvalue weighted by Crippen LogP contribution is -2.17. The fourth-order valence-electron chi connectivity index (χ4n) is 4.01. The van der Waals surface area contributed by atoms with Gasteiger partial charge in [-0.15, -0.1) is 0 Å². The van der Waals surface area contributed by atoms with E-state index in [4.69, 9.17) is 9.94 Å². The van der Waals surface area contributed by atoms with E-state index in [-0.39, 0.29) is 5.91 Å². The second kappa shape index (κ2) is 12.2. The number of hydrogen-bond acceptors (Lipinski definition) is 8. The van der Waals surface area contributed by atoms with E-state index in [0.29, 0.717) is 19.0 Å². The highest BCUT2D eigenvalue weighted by atomic mass is 16.5. The molecule has 0 aliphatic carbocycles. The predicted molar refractivity (Wildman–Crippen MR) is 144 cm³/mol. The summed E-state index contributed by atoms with van der Waals surface area (Å²) in [6, 6.07) is 15.8. The number of amides is 1. The maximum absolute atomic E-state index is 11.0. The number of carbonyl (C=O) groups is 1. The molecule has 0 spiro atoms. The zero-order valence-corrected chi connectivity index (χ0v) is 21.4. The van der Waals surface area contributed by atoms with E-state index in [9.17, 15) is 4.79 Å². The lowest BCUT2D eigenvalue weighted by molar-refractivity contribution is -0.129. The first-order valence-corrected chi connectivity index (χ1v) is 12.4. The minimum absolute atomic E-state index is 0.341. The van der Waals surface area contributed by atoms with Gasteiger partial charge in [-0.05, 0) is 68.3 Å². The molecule has 2 aromatic heterocycles. The van der Waals surface area contributed by atoms with E-state index in [2.05, 4.69) is 45.5 Å². The Morgan fingerprint density at radius 1 is 1.08 bits per heavy atom. The molecular formula is C27H33N7O3. The van der Waals surface area contributed by atoms with Crippen LogP contribution in [0.15, 0.2) is 54.7 Å². The third-order valence-corrected chi connectivity index (χ3v) is 6.29. The molecule has 0 aliphatic heterocycles. The summed E-state index contributed by atoms with van der Waals surface area (Å²) in [6.07, 6.45) is 5.63. The number of hydrogen-bond donors (Lipinski definition) is 3. The Bertz CT molecular complexity index is 1340. The van der Waals surface area contributed by atoms with Crippen LogP contribution in [-0.2, 0) is 11.8 Å². The van der Waals surface area contributed by atoms with E-state index in [1.54, 1.807) is 11.7 Å². The molecule has 0 atom stereocenters. The van der Waals surface area contributed by atoms with Gasteiger partial charge in [-0.1, -0.05) is 12.8 Å². The highest BCUT2D eigenvalue weighted by Crippen LogP contribution is 2.28. The Hall–Kier alpha value is -4.18. The van der Waals surface area contributed by atoms with Crippen molar-refractivity contribution in [2.24, 2.45) is 7.05 Å². The fourth-order valence-corrected chi connectivity index (χ4v) is 4.01. The molecule has 0 unspecified atom stereocenters. The van der Waals surface area contributed by atoms with Gasteiger partial charge in [-0.2, -0.15) is 10.1 Å². The minimum Gasteiger partial charge on any atom is -0.494 e. The molecule has 0 aliphatic rings. The Kier molecular flexibility index (Phi) is 8.52. The van der Waals surface area contributed by atoms with E-state index in [0.717, 1.165) is 65.2 Å². The van der Waals surface area contributed by atoms with Crippen LogP contribution in [0.1, 0.15) is 37.8 Å². The summed E-state index contributed by atoms with van der Waals surface area (Å²) in [7, 11) is 3.92. The third kappa shape index (κ3) is 6.73. The summed E-state index contributed by atoms with van der Waals surface area (Å²) in [5.41, 5.74) is 5.59. The van der Waals surface area contributed by atoms with Crippen LogP contribution in [-0.4, -0.2) is 44.5 Å². The average molecular weight is 504 g/mol. The number of fused-ring (bicyclic) bond motifs is 1. The first-order chi connectivity index (χ1) is 17.9. The molecule has 3 N–H and O–H groups in total. The molecule has 4 rings (SSSR count). The zero-order valence-electron chi connectivity index (χ0n) is 21.4. The monoisotopic (exact) mass is 503 g/mol. The zero-order chi connectivity index (χ0) is 26.2. The molecule has 10 heteroatoms. The highest BCUT2D eigenvalue weighted by Gasteiger charge is 2.11. The molecule has 0 saturated heterocycles. The third-order valence-electron chi connectivity index (χ3n) is 6.29. The van der Waals surface area contributed by atoms with E-state index in [1.165, 1.54) is 0 Å². The topological polar surface area (TPSA) is 117 Å². The van der Waals surface area contributed by atoms with Crippen LogP contribution < -0.4 is 20.4 Å². The summed E-state index contributed by atoms with van der Waals surface area (Å²) in [5, 5.41) is 17.5. The number of unbranched alkanes of at least 4 members (excludes halogenated alkanes) is 3. The standard InChI is InChI=1S/C27H33N7O3/c1-19-23-14-11-21(18-24(23)31-34(19)3)33(2)25-15-16-28-27(30-25)29-20-9-12-22(13-10-20)37-17-7-5-4-6-8-26(35)32-36/h9-16,18,36H,4-8,17H2,1-3H3,(H,32,35)(H,28,29,30). The van der Waals surface area contributed by atoms with Crippen LogP contribution in [0.25, 0.3) is 10.9 Å². The van der Waals surface area contributed by atoms with Crippen molar-refractivity contribution >= 4 is 40.0 Å². The number of anilines is 4. The van der Waals surface area contributed by atoms with E-state index < -0.39 is 0 Å². The molecule has 2 heterocycles. The van der Waals surface area contributed by atoms with Crippen LogP contribution in [0.2, 0.25) is 0 Å². The number of aromatic nitrogens is 4. The van der Waals surface area contributed by atoms with Gasteiger partial charge >= 0.3 is 0 Å². The average Bonchev–Trinajstić information content (AvgIpc) is 3.20. The van der Waals surface area contributed by atoms with Crippen LogP contribution in [0.5, 0.6) is 5.75 Å². The normalized spacial score (nSPS) is 10.9. The summed E-state index contributed by atoms with van der Waals surface area (Å²) in [5.74, 6) is 1.72. The molecule has 4 aromatic rings. The Labute approximate surface area is 216 Å². The molecule has 0 radical (unpaired) electrons. The maximum atomic E-state index is 11.0. The minimum atomic E-state index is -0.341. The van der Waals surface area contributed by atoms with Crippen LogP contribution >= 0.6 is 0 Å². The summed E-state index contributed by atoms with van der Waals surface area (Å²) in [4.78, 5) is 22.0. The smallest absolute Gasteiger partial charge is 0.243 e. The van der Waals surface area contributed by atoms with Crippen molar-refractivity contribution in [2.45, 2.75) is 39.0 Å². The molecule has 0 bridgehead atoms. The molecule has 0 fully saturated rings.